The van der Waals surface area contributed by atoms with Crippen LogP contribution in [0.4, 0.5) is 0 Å². The van der Waals surface area contributed by atoms with Gasteiger partial charge in [-0.2, -0.15) is 0 Å². The molecule has 0 amide bonds. The molecule has 1 aromatic carbocycles. The molecule has 0 radical (unpaired) electrons. The van der Waals surface area contributed by atoms with Crippen molar-refractivity contribution < 1.29 is 0 Å². The summed E-state index contributed by atoms with van der Waals surface area (Å²) in [5.74, 6) is 0. The highest BCUT2D eigenvalue weighted by Crippen LogP contribution is 2.17. The highest BCUT2D eigenvalue weighted by molar-refractivity contribution is 7.09. The fourth-order valence-electron chi connectivity index (χ4n) is 1.94. The normalized spacial score (nSPS) is 12.9. The number of hydrogen-bond acceptors (Lipinski definition) is 4. The zero-order valence-corrected chi connectivity index (χ0v) is 12.6. The van der Waals surface area contributed by atoms with Crippen molar-refractivity contribution in [1.29, 1.82) is 0 Å². The van der Waals surface area contributed by atoms with Crippen LogP contribution in [0.5, 0.6) is 0 Å². The smallest absolute Gasteiger partial charge is 0.109 e. The Balaban J connectivity index is 1.93. The maximum Gasteiger partial charge on any atom is 0.109 e. The Bertz CT molecular complexity index is 516. The predicted octanol–water partition coefficient (Wildman–Crippen LogP) is 3.10. The average Bonchev–Trinajstić information content (AvgIpc) is 2.80. The van der Waals surface area contributed by atoms with Crippen LogP contribution in [0, 0.1) is 6.92 Å². The van der Waals surface area contributed by atoms with E-state index in [0.29, 0.717) is 0 Å². The first kappa shape index (κ1) is 14.2. The molecule has 0 aliphatic heterocycles. The third-order valence-corrected chi connectivity index (χ3v) is 4.06. The van der Waals surface area contributed by atoms with E-state index in [0.717, 1.165) is 23.8 Å². The number of thiazole rings is 1. The Hall–Kier alpha value is -1.23. The summed E-state index contributed by atoms with van der Waals surface area (Å²) in [4.78, 5) is 6.83. The fraction of sp³-hybridized carbons (Fsp3) is 0.400. The molecule has 3 nitrogen and oxygen atoms in total. The van der Waals surface area contributed by atoms with Crippen molar-refractivity contribution in [2.45, 2.75) is 33.0 Å². The molecular weight excluding hydrogens is 254 g/mol. The van der Waals surface area contributed by atoms with E-state index in [9.17, 15) is 0 Å². The summed E-state index contributed by atoms with van der Waals surface area (Å²) in [5, 5.41) is 3.11. The van der Waals surface area contributed by atoms with Crippen LogP contribution in [-0.4, -0.2) is 16.9 Å². The third-order valence-electron chi connectivity index (χ3n) is 2.96. The average molecular weight is 275 g/mol. The molecule has 102 valence electrons. The molecule has 0 bridgehead atoms. The zero-order chi connectivity index (χ0) is 13.8. The third kappa shape index (κ3) is 4.13. The van der Waals surface area contributed by atoms with Crippen LogP contribution >= 0.6 is 11.3 Å². The highest BCUT2D eigenvalue weighted by atomic mass is 32.1. The van der Waals surface area contributed by atoms with E-state index >= 15 is 0 Å². The van der Waals surface area contributed by atoms with E-state index < -0.39 is 0 Å². The van der Waals surface area contributed by atoms with Crippen LogP contribution in [0.1, 0.15) is 34.8 Å². The molecule has 0 aliphatic carbocycles. The van der Waals surface area contributed by atoms with Crippen molar-refractivity contribution in [1.82, 2.24) is 9.88 Å². The van der Waals surface area contributed by atoms with E-state index in [4.69, 9.17) is 5.73 Å². The minimum atomic E-state index is 0.0288. The van der Waals surface area contributed by atoms with Crippen LogP contribution in [0.3, 0.4) is 0 Å². The van der Waals surface area contributed by atoms with E-state index in [1.165, 1.54) is 11.1 Å². The predicted molar refractivity (Wildman–Crippen MR) is 81.1 cm³/mol. The Kier molecular flexibility index (Phi) is 4.69. The number of hydrogen-bond donors (Lipinski definition) is 1. The minimum Gasteiger partial charge on any atom is -0.322 e. The number of aromatic nitrogens is 1. The van der Waals surface area contributed by atoms with E-state index in [2.05, 4.69) is 53.5 Å². The van der Waals surface area contributed by atoms with Crippen molar-refractivity contribution >= 4 is 11.3 Å². The summed E-state index contributed by atoms with van der Waals surface area (Å²) in [6.07, 6.45) is 0. The highest BCUT2D eigenvalue weighted by Gasteiger charge is 2.08. The first-order valence-electron chi connectivity index (χ1n) is 6.48. The van der Waals surface area contributed by atoms with Gasteiger partial charge in [0.2, 0.25) is 0 Å². The molecule has 2 aromatic rings. The lowest BCUT2D eigenvalue weighted by Gasteiger charge is -2.15. The van der Waals surface area contributed by atoms with E-state index in [-0.39, 0.29) is 6.04 Å². The van der Waals surface area contributed by atoms with Gasteiger partial charge >= 0.3 is 0 Å². The second kappa shape index (κ2) is 6.28. The quantitative estimate of drug-likeness (QED) is 0.911. The number of aryl methyl sites for hydroxylation is 1. The van der Waals surface area contributed by atoms with Gasteiger partial charge in [0.1, 0.15) is 5.01 Å². The van der Waals surface area contributed by atoms with Crippen molar-refractivity contribution in [3.63, 3.8) is 0 Å². The molecule has 0 saturated heterocycles. The lowest BCUT2D eigenvalue weighted by atomic mass is 10.1. The largest absolute Gasteiger partial charge is 0.322 e. The second-order valence-electron chi connectivity index (χ2n) is 5.12. The Labute approximate surface area is 119 Å². The summed E-state index contributed by atoms with van der Waals surface area (Å²) in [5.41, 5.74) is 9.56. The zero-order valence-electron chi connectivity index (χ0n) is 11.8. The van der Waals surface area contributed by atoms with Gasteiger partial charge in [-0.05, 0) is 26.5 Å². The van der Waals surface area contributed by atoms with Gasteiger partial charge in [0, 0.05) is 18.5 Å². The monoisotopic (exact) mass is 275 g/mol. The van der Waals surface area contributed by atoms with Gasteiger partial charge in [-0.15, -0.1) is 11.3 Å². The summed E-state index contributed by atoms with van der Waals surface area (Å²) >= 11 is 1.65. The lowest BCUT2D eigenvalue weighted by Crippen LogP contribution is -2.17. The molecule has 0 spiro atoms. The van der Waals surface area contributed by atoms with Gasteiger partial charge < -0.3 is 5.73 Å². The second-order valence-corrected chi connectivity index (χ2v) is 6.01. The first-order valence-corrected chi connectivity index (χ1v) is 7.36. The van der Waals surface area contributed by atoms with Gasteiger partial charge in [0.05, 0.1) is 11.7 Å². The van der Waals surface area contributed by atoms with Crippen LogP contribution in [-0.2, 0) is 13.1 Å². The summed E-state index contributed by atoms with van der Waals surface area (Å²) in [7, 11) is 2.12. The van der Waals surface area contributed by atoms with Crippen LogP contribution < -0.4 is 5.73 Å². The lowest BCUT2D eigenvalue weighted by molar-refractivity contribution is 0.315. The first-order chi connectivity index (χ1) is 9.04. The number of rotatable bonds is 5. The van der Waals surface area contributed by atoms with Crippen LogP contribution in [0.25, 0.3) is 0 Å². The maximum atomic E-state index is 5.83. The molecule has 0 fully saturated rings. The van der Waals surface area contributed by atoms with E-state index in [1.807, 2.05) is 6.92 Å². The van der Waals surface area contributed by atoms with Crippen molar-refractivity contribution in [3.05, 3.63) is 51.5 Å². The molecule has 19 heavy (non-hydrogen) atoms. The van der Waals surface area contributed by atoms with Crippen molar-refractivity contribution in [3.8, 4) is 0 Å². The topological polar surface area (TPSA) is 42.1 Å². The number of nitrogens with zero attached hydrogens (tertiary/aromatic N) is 2. The Morgan fingerprint density at radius 1 is 1.26 bits per heavy atom. The minimum absolute atomic E-state index is 0.0288. The summed E-state index contributed by atoms with van der Waals surface area (Å²) < 4.78 is 0. The molecule has 2 rings (SSSR count). The molecular formula is C15H21N3S. The van der Waals surface area contributed by atoms with Gasteiger partial charge in [0.15, 0.2) is 0 Å². The molecule has 1 atom stereocenters. The molecule has 1 unspecified atom stereocenters. The summed E-state index contributed by atoms with van der Waals surface area (Å²) in [6.45, 7) is 5.87. The van der Waals surface area contributed by atoms with Gasteiger partial charge in [-0.1, -0.05) is 29.8 Å². The molecule has 0 saturated carbocycles. The molecule has 0 aliphatic rings. The van der Waals surface area contributed by atoms with Crippen molar-refractivity contribution in [2.75, 3.05) is 7.05 Å². The molecule has 1 aromatic heterocycles. The van der Waals surface area contributed by atoms with Crippen LogP contribution in [0.2, 0.25) is 0 Å². The number of benzene rings is 1. The van der Waals surface area contributed by atoms with E-state index in [1.54, 1.807) is 11.3 Å². The van der Waals surface area contributed by atoms with Crippen LogP contribution in [0.15, 0.2) is 29.6 Å². The number of nitrogens with two attached hydrogens (primary N) is 1. The SMILES string of the molecule is Cc1ccc(CN(C)Cc2csc(C(C)N)n2)cc1. The molecule has 4 heteroatoms. The summed E-state index contributed by atoms with van der Waals surface area (Å²) in [6, 6.07) is 8.70. The van der Waals surface area contributed by atoms with Gasteiger partial charge in [-0.25, -0.2) is 4.98 Å². The fourth-order valence-corrected chi connectivity index (χ4v) is 2.71. The standard InChI is InChI=1S/C15H21N3S/c1-11-4-6-13(7-5-11)8-18(3)9-14-10-19-15(17-14)12(2)16/h4-7,10,12H,8-9,16H2,1-3H3. The molecule has 2 N–H and O–H groups in total. The van der Waals surface area contributed by atoms with Gasteiger partial charge in [0.25, 0.3) is 0 Å². The Morgan fingerprint density at radius 2 is 1.95 bits per heavy atom. The van der Waals surface area contributed by atoms with Crippen molar-refractivity contribution in [2.24, 2.45) is 5.73 Å². The van der Waals surface area contributed by atoms with Gasteiger partial charge in [-0.3, -0.25) is 4.90 Å². The maximum absolute atomic E-state index is 5.83. The Morgan fingerprint density at radius 3 is 2.53 bits per heavy atom. The molecule has 1 heterocycles.